The minimum absolute atomic E-state index is 0. The van der Waals surface area contributed by atoms with Crippen molar-refractivity contribution in [2.45, 2.75) is 38.3 Å². The van der Waals surface area contributed by atoms with Crippen LogP contribution in [0.15, 0.2) is 41.7 Å². The lowest BCUT2D eigenvalue weighted by Crippen LogP contribution is -2.41. The first-order chi connectivity index (χ1) is 12.5. The van der Waals surface area contributed by atoms with Crippen LogP contribution < -0.4 is 10.6 Å². The third-order valence-electron chi connectivity index (χ3n) is 4.57. The molecule has 1 aromatic carbocycles. The summed E-state index contributed by atoms with van der Waals surface area (Å²) in [5.74, 6) is 0.817. The highest BCUT2D eigenvalue weighted by Crippen LogP contribution is 2.48. The van der Waals surface area contributed by atoms with Gasteiger partial charge in [0.2, 0.25) is 0 Å². The third-order valence-corrected chi connectivity index (χ3v) is 4.80. The number of nitrogens with one attached hydrogen (secondary N) is 2. The molecule has 27 heavy (non-hydrogen) atoms. The molecule has 2 aromatic rings. The SMILES string of the molecule is CCNC(=NCc1nccn1C(F)F)NCC1(c2cccc(Cl)c2)CC1.I. The fourth-order valence-electron chi connectivity index (χ4n) is 2.93. The lowest BCUT2D eigenvalue weighted by atomic mass is 9.96. The van der Waals surface area contributed by atoms with Crippen molar-refractivity contribution in [2.24, 2.45) is 4.99 Å². The zero-order valence-electron chi connectivity index (χ0n) is 15.0. The molecule has 0 amide bonds. The van der Waals surface area contributed by atoms with Gasteiger partial charge >= 0.3 is 6.55 Å². The predicted octanol–water partition coefficient (Wildman–Crippen LogP) is 4.34. The first-order valence-electron chi connectivity index (χ1n) is 8.62. The Labute approximate surface area is 179 Å². The summed E-state index contributed by atoms with van der Waals surface area (Å²) in [5, 5.41) is 7.20. The maximum absolute atomic E-state index is 12.9. The molecule has 1 aliphatic rings. The molecule has 1 aliphatic carbocycles. The molecule has 0 radical (unpaired) electrons. The monoisotopic (exact) mass is 509 g/mol. The average Bonchev–Trinajstić information content (AvgIpc) is 3.26. The summed E-state index contributed by atoms with van der Waals surface area (Å²) in [4.78, 5) is 8.35. The van der Waals surface area contributed by atoms with Crippen molar-refractivity contribution in [2.75, 3.05) is 13.1 Å². The highest BCUT2D eigenvalue weighted by molar-refractivity contribution is 14.0. The van der Waals surface area contributed by atoms with Crippen LogP contribution in [0, 0.1) is 0 Å². The first-order valence-corrected chi connectivity index (χ1v) is 9.00. The second-order valence-electron chi connectivity index (χ2n) is 6.37. The van der Waals surface area contributed by atoms with E-state index in [1.54, 1.807) is 0 Å². The molecule has 2 N–H and O–H groups in total. The van der Waals surface area contributed by atoms with Gasteiger partial charge in [0.15, 0.2) is 5.96 Å². The number of aromatic nitrogens is 2. The van der Waals surface area contributed by atoms with E-state index in [0.717, 1.165) is 22.4 Å². The van der Waals surface area contributed by atoms with Crippen LogP contribution in [-0.4, -0.2) is 28.6 Å². The first kappa shape index (κ1) is 21.9. The smallest absolute Gasteiger partial charge is 0.319 e. The van der Waals surface area contributed by atoms with E-state index in [1.165, 1.54) is 18.0 Å². The Bertz CT molecular complexity index is 777. The van der Waals surface area contributed by atoms with Crippen LogP contribution in [0.3, 0.4) is 0 Å². The maximum atomic E-state index is 12.9. The summed E-state index contributed by atoms with van der Waals surface area (Å²) < 4.78 is 26.6. The molecule has 1 heterocycles. The predicted molar refractivity (Wildman–Crippen MR) is 114 cm³/mol. The minimum Gasteiger partial charge on any atom is -0.357 e. The van der Waals surface area contributed by atoms with Crippen molar-refractivity contribution < 1.29 is 8.78 Å². The summed E-state index contributed by atoms with van der Waals surface area (Å²) in [6.07, 6.45) is 4.77. The van der Waals surface area contributed by atoms with E-state index in [-0.39, 0.29) is 41.8 Å². The number of alkyl halides is 2. The van der Waals surface area contributed by atoms with Crippen LogP contribution in [0.25, 0.3) is 0 Å². The Morgan fingerprint density at radius 2 is 2.15 bits per heavy atom. The zero-order chi connectivity index (χ0) is 18.6. The Kier molecular flexibility index (Phi) is 7.84. The number of benzene rings is 1. The highest BCUT2D eigenvalue weighted by atomic mass is 127. The van der Waals surface area contributed by atoms with E-state index < -0.39 is 6.55 Å². The number of imidazole rings is 1. The molecule has 9 heteroatoms. The molecule has 0 unspecified atom stereocenters. The number of guanidine groups is 1. The molecule has 0 saturated heterocycles. The number of halogens is 4. The van der Waals surface area contributed by atoms with Crippen molar-refractivity contribution in [1.82, 2.24) is 20.2 Å². The van der Waals surface area contributed by atoms with E-state index in [9.17, 15) is 8.78 Å². The van der Waals surface area contributed by atoms with Gasteiger partial charge in [-0.2, -0.15) is 8.78 Å². The van der Waals surface area contributed by atoms with Gasteiger partial charge in [0.25, 0.3) is 0 Å². The fourth-order valence-corrected chi connectivity index (χ4v) is 3.12. The van der Waals surface area contributed by atoms with Crippen molar-refractivity contribution in [3.63, 3.8) is 0 Å². The van der Waals surface area contributed by atoms with E-state index >= 15 is 0 Å². The van der Waals surface area contributed by atoms with Gasteiger partial charge < -0.3 is 10.6 Å². The van der Waals surface area contributed by atoms with Crippen LogP contribution >= 0.6 is 35.6 Å². The van der Waals surface area contributed by atoms with Gasteiger partial charge in [-0.1, -0.05) is 23.7 Å². The maximum Gasteiger partial charge on any atom is 0.319 e. The Hall–Kier alpha value is -1.42. The molecule has 148 valence electrons. The van der Waals surface area contributed by atoms with Gasteiger partial charge in [-0.25, -0.2) is 9.98 Å². The van der Waals surface area contributed by atoms with Gasteiger partial charge in [0.1, 0.15) is 12.4 Å². The van der Waals surface area contributed by atoms with Crippen LogP contribution in [0.4, 0.5) is 8.78 Å². The molecule has 5 nitrogen and oxygen atoms in total. The zero-order valence-corrected chi connectivity index (χ0v) is 18.0. The molecule has 1 saturated carbocycles. The standard InChI is InChI=1S/C18H22ClF2N5.HI/c1-2-22-17(24-11-15-23-8-9-26(15)16(20)21)25-12-18(6-7-18)13-4-3-5-14(19)10-13;/h3-5,8-10,16H,2,6-7,11-12H2,1H3,(H2,22,24,25);1H. The fraction of sp³-hybridized carbons (Fsp3) is 0.444. The summed E-state index contributed by atoms with van der Waals surface area (Å²) in [6.45, 7) is 0.815. The van der Waals surface area contributed by atoms with Gasteiger partial charge in [0.05, 0.1) is 0 Å². The molecule has 0 atom stereocenters. The third kappa shape index (κ3) is 5.54. The molecule has 1 fully saturated rings. The molecule has 0 aliphatic heterocycles. The second-order valence-corrected chi connectivity index (χ2v) is 6.80. The average molecular weight is 510 g/mol. The minimum atomic E-state index is -2.61. The summed E-state index contributed by atoms with van der Waals surface area (Å²) >= 11 is 6.11. The molecule has 1 aromatic heterocycles. The number of aliphatic imine (C=N–C) groups is 1. The van der Waals surface area contributed by atoms with E-state index in [2.05, 4.69) is 26.7 Å². The Morgan fingerprint density at radius 3 is 2.78 bits per heavy atom. The van der Waals surface area contributed by atoms with Crippen LogP contribution in [0.2, 0.25) is 5.02 Å². The van der Waals surface area contributed by atoms with Crippen molar-refractivity contribution in [3.8, 4) is 0 Å². The molecular weight excluding hydrogens is 487 g/mol. The molecule has 0 bridgehead atoms. The summed E-state index contributed by atoms with van der Waals surface area (Å²) in [6, 6.07) is 7.91. The lowest BCUT2D eigenvalue weighted by molar-refractivity contribution is 0.0671. The van der Waals surface area contributed by atoms with Crippen LogP contribution in [-0.2, 0) is 12.0 Å². The highest BCUT2D eigenvalue weighted by Gasteiger charge is 2.44. The number of hydrogen-bond acceptors (Lipinski definition) is 2. The van der Waals surface area contributed by atoms with Crippen molar-refractivity contribution in [1.29, 1.82) is 0 Å². The normalized spacial score (nSPS) is 15.4. The number of rotatable bonds is 7. The summed E-state index contributed by atoms with van der Waals surface area (Å²) in [7, 11) is 0. The van der Waals surface area contributed by atoms with E-state index in [0.29, 0.717) is 19.0 Å². The van der Waals surface area contributed by atoms with E-state index in [1.807, 2.05) is 25.1 Å². The Morgan fingerprint density at radius 1 is 1.37 bits per heavy atom. The topological polar surface area (TPSA) is 54.2 Å². The molecule has 3 rings (SSSR count). The van der Waals surface area contributed by atoms with Crippen LogP contribution in [0.5, 0.6) is 0 Å². The number of hydrogen-bond donors (Lipinski definition) is 2. The molecule has 0 spiro atoms. The lowest BCUT2D eigenvalue weighted by Gasteiger charge is -2.19. The van der Waals surface area contributed by atoms with Gasteiger partial charge in [-0.05, 0) is 37.5 Å². The van der Waals surface area contributed by atoms with Crippen LogP contribution in [0.1, 0.15) is 37.7 Å². The Balaban J connectivity index is 0.00000261. The van der Waals surface area contributed by atoms with Gasteiger partial charge in [-0.15, -0.1) is 24.0 Å². The van der Waals surface area contributed by atoms with Crippen molar-refractivity contribution in [3.05, 3.63) is 53.1 Å². The van der Waals surface area contributed by atoms with Crippen molar-refractivity contribution >= 4 is 41.5 Å². The second kappa shape index (κ2) is 9.68. The summed E-state index contributed by atoms with van der Waals surface area (Å²) in [5.41, 5.74) is 1.27. The number of nitrogens with zero attached hydrogens (tertiary/aromatic N) is 3. The van der Waals surface area contributed by atoms with Gasteiger partial charge in [0, 0.05) is 35.9 Å². The quantitative estimate of drug-likeness (QED) is 0.332. The molecular formula is C18H23ClF2IN5. The van der Waals surface area contributed by atoms with E-state index in [4.69, 9.17) is 11.6 Å². The van der Waals surface area contributed by atoms with Gasteiger partial charge in [-0.3, -0.25) is 4.57 Å². The largest absolute Gasteiger partial charge is 0.357 e.